The number of thiophene rings is 1. The van der Waals surface area contributed by atoms with Crippen molar-refractivity contribution in [2.45, 2.75) is 31.8 Å². The predicted octanol–water partition coefficient (Wildman–Crippen LogP) is 4.36. The van der Waals surface area contributed by atoms with Gasteiger partial charge in [-0.2, -0.15) is 0 Å². The standard InChI is InChI=1S/C25H24F2N2O5S/c26-18-11-16(12-19(27)22(18)34-17-7-5-14(6-8-17)25(32)33)23(30)28-9-10-29-24(31)21-13-15-3-1-2-4-20(15)35-21/h1-4,11-14,17H,5-10H2,(H,28,30)(H,29,31)(H,32,33)/t14-,17+. The zero-order valence-electron chi connectivity index (χ0n) is 18.7. The summed E-state index contributed by atoms with van der Waals surface area (Å²) in [5, 5.41) is 15.3. The molecule has 3 N–H and O–H groups in total. The molecule has 2 aromatic carbocycles. The molecule has 184 valence electrons. The van der Waals surface area contributed by atoms with Crippen molar-refractivity contribution in [1.29, 1.82) is 0 Å². The first-order chi connectivity index (χ1) is 16.8. The molecule has 0 spiro atoms. The molecule has 3 aromatic rings. The minimum absolute atomic E-state index is 0.0732. The van der Waals surface area contributed by atoms with Gasteiger partial charge in [0.05, 0.1) is 16.9 Å². The highest BCUT2D eigenvalue weighted by atomic mass is 32.1. The van der Waals surface area contributed by atoms with E-state index in [1.54, 1.807) is 6.07 Å². The second-order valence-corrected chi connectivity index (χ2v) is 9.44. The van der Waals surface area contributed by atoms with Crippen LogP contribution in [0.2, 0.25) is 0 Å². The second-order valence-electron chi connectivity index (χ2n) is 8.36. The van der Waals surface area contributed by atoms with Crippen molar-refractivity contribution >= 4 is 39.2 Å². The van der Waals surface area contributed by atoms with E-state index in [9.17, 15) is 23.2 Å². The van der Waals surface area contributed by atoms with E-state index in [1.807, 2.05) is 24.3 Å². The van der Waals surface area contributed by atoms with E-state index in [-0.39, 0.29) is 24.6 Å². The lowest BCUT2D eigenvalue weighted by molar-refractivity contribution is -0.143. The molecule has 10 heteroatoms. The number of carboxylic acid groups (broad SMARTS) is 1. The maximum absolute atomic E-state index is 14.5. The van der Waals surface area contributed by atoms with E-state index in [2.05, 4.69) is 10.6 Å². The highest BCUT2D eigenvalue weighted by Crippen LogP contribution is 2.31. The van der Waals surface area contributed by atoms with Crippen molar-refractivity contribution in [3.8, 4) is 5.75 Å². The van der Waals surface area contributed by atoms with Gasteiger partial charge in [0, 0.05) is 23.4 Å². The number of ether oxygens (including phenoxy) is 1. The maximum atomic E-state index is 14.5. The zero-order valence-corrected chi connectivity index (χ0v) is 19.5. The lowest BCUT2D eigenvalue weighted by Gasteiger charge is -2.27. The number of hydrogen-bond acceptors (Lipinski definition) is 5. The molecular weight excluding hydrogens is 478 g/mol. The van der Waals surface area contributed by atoms with Gasteiger partial charge in [-0.15, -0.1) is 11.3 Å². The topological polar surface area (TPSA) is 105 Å². The normalized spacial score (nSPS) is 17.7. The molecule has 1 saturated carbocycles. The fraction of sp³-hybridized carbons (Fsp3) is 0.320. The largest absolute Gasteiger partial charge is 0.484 e. The van der Waals surface area contributed by atoms with Gasteiger partial charge in [0.2, 0.25) is 0 Å². The first-order valence-corrected chi connectivity index (χ1v) is 12.1. The van der Waals surface area contributed by atoms with Crippen LogP contribution in [0.25, 0.3) is 10.1 Å². The highest BCUT2D eigenvalue weighted by molar-refractivity contribution is 7.20. The maximum Gasteiger partial charge on any atom is 0.306 e. The summed E-state index contributed by atoms with van der Waals surface area (Å²) in [6.45, 7) is 0.216. The van der Waals surface area contributed by atoms with Gasteiger partial charge in [0.25, 0.3) is 11.8 Å². The number of halogens is 2. The van der Waals surface area contributed by atoms with Crippen LogP contribution >= 0.6 is 11.3 Å². The van der Waals surface area contributed by atoms with Gasteiger partial charge in [-0.05, 0) is 55.3 Å². The average Bonchev–Trinajstić information content (AvgIpc) is 3.28. The number of fused-ring (bicyclic) bond motifs is 1. The van der Waals surface area contributed by atoms with Crippen molar-refractivity contribution in [3.63, 3.8) is 0 Å². The van der Waals surface area contributed by atoms with Gasteiger partial charge in [-0.25, -0.2) is 8.78 Å². The molecule has 1 aliphatic rings. The van der Waals surface area contributed by atoms with Gasteiger partial charge in [0.15, 0.2) is 17.4 Å². The second kappa shape index (κ2) is 10.8. The van der Waals surface area contributed by atoms with Gasteiger partial charge in [-0.1, -0.05) is 18.2 Å². The van der Waals surface area contributed by atoms with Crippen LogP contribution < -0.4 is 15.4 Å². The van der Waals surface area contributed by atoms with Crippen LogP contribution in [0.4, 0.5) is 8.78 Å². The molecule has 0 saturated heterocycles. The quantitative estimate of drug-likeness (QED) is 0.397. The van der Waals surface area contributed by atoms with Crippen molar-refractivity contribution in [3.05, 3.63) is 64.5 Å². The van der Waals surface area contributed by atoms with Gasteiger partial charge in [-0.3, -0.25) is 14.4 Å². The number of carbonyl (C=O) groups excluding carboxylic acids is 2. The average molecular weight is 503 g/mol. The molecule has 0 radical (unpaired) electrons. The van der Waals surface area contributed by atoms with Gasteiger partial charge >= 0.3 is 5.97 Å². The van der Waals surface area contributed by atoms with Crippen LogP contribution in [0, 0.1) is 17.6 Å². The Kier molecular flexibility index (Phi) is 7.60. The number of hydrogen-bond donors (Lipinski definition) is 3. The molecule has 0 bridgehead atoms. The number of benzene rings is 2. The molecule has 0 atom stereocenters. The molecule has 1 heterocycles. The van der Waals surface area contributed by atoms with Gasteiger partial charge < -0.3 is 20.5 Å². The van der Waals surface area contributed by atoms with Crippen LogP contribution in [0.3, 0.4) is 0 Å². The van der Waals surface area contributed by atoms with Crippen LogP contribution in [0.5, 0.6) is 5.75 Å². The SMILES string of the molecule is O=C(NCCNC(=O)c1cc2ccccc2s1)c1cc(F)c(O[C@H]2CC[C@@H](C(=O)O)CC2)c(F)c1. The Morgan fingerprint density at radius 1 is 0.943 bits per heavy atom. The number of carbonyl (C=O) groups is 3. The van der Waals surface area contributed by atoms with Crippen LogP contribution in [0.1, 0.15) is 45.7 Å². The van der Waals surface area contributed by atoms with Crippen LogP contribution in [0.15, 0.2) is 42.5 Å². The lowest BCUT2D eigenvalue weighted by atomic mass is 9.87. The van der Waals surface area contributed by atoms with Gasteiger partial charge in [0.1, 0.15) is 0 Å². The van der Waals surface area contributed by atoms with Crippen molar-refractivity contribution in [1.82, 2.24) is 10.6 Å². The monoisotopic (exact) mass is 502 g/mol. The summed E-state index contributed by atoms with van der Waals surface area (Å²) in [6, 6.07) is 11.2. The molecule has 1 fully saturated rings. The lowest BCUT2D eigenvalue weighted by Crippen LogP contribution is -2.34. The Labute approximate surface area is 204 Å². The summed E-state index contributed by atoms with van der Waals surface area (Å²) in [4.78, 5) is 36.2. The Bertz CT molecular complexity index is 1200. The Hall–Kier alpha value is -3.53. The summed E-state index contributed by atoms with van der Waals surface area (Å²) < 4.78 is 35.5. The molecule has 0 aliphatic heterocycles. The zero-order chi connectivity index (χ0) is 24.9. The minimum Gasteiger partial charge on any atom is -0.484 e. The summed E-state index contributed by atoms with van der Waals surface area (Å²) in [5.74, 6) is -4.89. The fourth-order valence-corrected chi connectivity index (χ4v) is 5.01. The van der Waals surface area contributed by atoms with E-state index >= 15 is 0 Å². The molecule has 1 aliphatic carbocycles. The summed E-state index contributed by atoms with van der Waals surface area (Å²) in [5.41, 5.74) is -0.210. The molecule has 2 amide bonds. The van der Waals surface area contributed by atoms with Crippen LogP contribution in [-0.2, 0) is 4.79 Å². The number of rotatable bonds is 8. The summed E-state index contributed by atoms with van der Waals surface area (Å²) in [6.07, 6.45) is 1.03. The first-order valence-electron chi connectivity index (χ1n) is 11.3. The van der Waals surface area contributed by atoms with E-state index in [1.165, 1.54) is 11.3 Å². The minimum atomic E-state index is -1.01. The smallest absolute Gasteiger partial charge is 0.306 e. The third kappa shape index (κ3) is 5.94. The predicted molar refractivity (Wildman–Crippen MR) is 127 cm³/mol. The highest BCUT2D eigenvalue weighted by Gasteiger charge is 2.28. The number of carboxylic acids is 1. The van der Waals surface area contributed by atoms with Crippen molar-refractivity contribution in [2.75, 3.05) is 13.1 Å². The summed E-state index contributed by atoms with van der Waals surface area (Å²) >= 11 is 1.36. The molecule has 1 aromatic heterocycles. The Balaban J connectivity index is 1.27. The van der Waals surface area contributed by atoms with Crippen molar-refractivity contribution in [2.24, 2.45) is 5.92 Å². The molecule has 0 unspecified atom stereocenters. The van der Waals surface area contributed by atoms with E-state index in [4.69, 9.17) is 9.84 Å². The number of aliphatic carboxylic acids is 1. The third-order valence-corrected chi connectivity index (χ3v) is 7.03. The van der Waals surface area contributed by atoms with E-state index in [0.717, 1.165) is 22.2 Å². The first kappa shape index (κ1) is 24.6. The fourth-order valence-electron chi connectivity index (χ4n) is 4.03. The molecular formula is C25H24F2N2O5S. The third-order valence-electron chi connectivity index (χ3n) is 5.91. The van der Waals surface area contributed by atoms with E-state index < -0.39 is 41.3 Å². The molecule has 7 nitrogen and oxygen atoms in total. The summed E-state index contributed by atoms with van der Waals surface area (Å²) in [7, 11) is 0. The Morgan fingerprint density at radius 2 is 1.57 bits per heavy atom. The molecule has 35 heavy (non-hydrogen) atoms. The van der Waals surface area contributed by atoms with Crippen molar-refractivity contribution < 1.29 is 33.0 Å². The van der Waals surface area contributed by atoms with Crippen LogP contribution in [-0.4, -0.2) is 42.1 Å². The number of amides is 2. The molecule has 4 rings (SSSR count). The number of nitrogens with one attached hydrogen (secondary N) is 2. The Morgan fingerprint density at radius 3 is 2.20 bits per heavy atom. The van der Waals surface area contributed by atoms with E-state index in [0.29, 0.717) is 30.6 Å².